The van der Waals surface area contributed by atoms with Gasteiger partial charge in [0.05, 0.1) is 36.3 Å². The number of amides is 1. The van der Waals surface area contributed by atoms with Crippen molar-refractivity contribution in [3.05, 3.63) is 48.3 Å². The first-order valence-corrected chi connectivity index (χ1v) is 11.9. The van der Waals surface area contributed by atoms with Gasteiger partial charge in [0, 0.05) is 37.1 Å². The molecule has 4 rings (SSSR count). The zero-order chi connectivity index (χ0) is 21.6. The Labute approximate surface area is 189 Å². The fraction of sp³-hybridized carbons (Fsp3) is 0.364. The minimum atomic E-state index is -0.285. The van der Waals surface area contributed by atoms with E-state index < -0.39 is 0 Å². The van der Waals surface area contributed by atoms with Crippen LogP contribution >= 0.6 is 23.1 Å². The van der Waals surface area contributed by atoms with E-state index in [0.717, 1.165) is 53.7 Å². The molecule has 0 saturated carbocycles. The largest absolute Gasteiger partial charge is 0.497 e. The Morgan fingerprint density at radius 1 is 1.26 bits per heavy atom. The summed E-state index contributed by atoms with van der Waals surface area (Å²) in [6.45, 7) is 4.48. The molecule has 1 aromatic heterocycles. The summed E-state index contributed by atoms with van der Waals surface area (Å²) in [5, 5.41) is 0.682. The molecule has 0 unspecified atom stereocenters. The highest BCUT2D eigenvalue weighted by Gasteiger charge is 2.22. The number of thiazole rings is 1. The number of benzene rings is 2. The number of ether oxygens (including phenoxy) is 2. The van der Waals surface area contributed by atoms with Gasteiger partial charge in [-0.3, -0.25) is 14.6 Å². The second kappa shape index (κ2) is 10.4. The lowest BCUT2D eigenvalue weighted by Crippen LogP contribution is -2.43. The molecule has 1 amide bonds. The lowest BCUT2D eigenvalue weighted by atomic mass is 10.3. The number of aromatic nitrogens is 1. The van der Waals surface area contributed by atoms with Crippen LogP contribution in [0.2, 0.25) is 0 Å². The highest BCUT2D eigenvalue weighted by atomic mass is 32.2. The van der Waals surface area contributed by atoms with Gasteiger partial charge in [0.15, 0.2) is 5.13 Å². The van der Waals surface area contributed by atoms with Gasteiger partial charge in [-0.05, 0) is 36.4 Å². The maximum Gasteiger partial charge on any atom is 0.239 e. The van der Waals surface area contributed by atoms with E-state index in [1.54, 1.807) is 24.1 Å². The van der Waals surface area contributed by atoms with Crippen LogP contribution < -0.4 is 9.64 Å². The highest BCUT2D eigenvalue weighted by Crippen LogP contribution is 2.32. The van der Waals surface area contributed by atoms with Crippen LogP contribution in [0.4, 0.5) is 9.52 Å². The van der Waals surface area contributed by atoms with E-state index in [4.69, 9.17) is 14.5 Å². The van der Waals surface area contributed by atoms with Gasteiger partial charge >= 0.3 is 0 Å². The van der Waals surface area contributed by atoms with Gasteiger partial charge < -0.3 is 9.47 Å². The van der Waals surface area contributed by atoms with E-state index in [9.17, 15) is 9.18 Å². The number of halogens is 1. The molecule has 0 N–H and O–H groups in total. The van der Waals surface area contributed by atoms with Crippen LogP contribution in [-0.4, -0.2) is 68.0 Å². The molecule has 1 fully saturated rings. The first kappa shape index (κ1) is 22.0. The minimum Gasteiger partial charge on any atom is -0.497 e. The van der Waals surface area contributed by atoms with Crippen molar-refractivity contribution in [2.45, 2.75) is 4.90 Å². The van der Waals surface area contributed by atoms with E-state index >= 15 is 0 Å². The first-order valence-electron chi connectivity index (χ1n) is 10.1. The third kappa shape index (κ3) is 5.74. The van der Waals surface area contributed by atoms with Crippen LogP contribution in [0.1, 0.15) is 0 Å². The van der Waals surface area contributed by atoms with E-state index in [0.29, 0.717) is 11.7 Å². The summed E-state index contributed by atoms with van der Waals surface area (Å²) in [6, 6.07) is 11.9. The SMILES string of the molecule is COc1ccc2sc(N(CCN3CCOCC3)C(=O)CSc3ccc(F)cc3)nc2c1. The van der Waals surface area contributed by atoms with Gasteiger partial charge in [0.2, 0.25) is 5.91 Å². The van der Waals surface area contributed by atoms with Gasteiger partial charge in [-0.15, -0.1) is 11.8 Å². The van der Waals surface area contributed by atoms with Crippen LogP contribution in [0.15, 0.2) is 47.4 Å². The van der Waals surface area contributed by atoms with Crippen LogP contribution in [0.3, 0.4) is 0 Å². The molecule has 1 aliphatic rings. The minimum absolute atomic E-state index is 0.0198. The Balaban J connectivity index is 1.51. The molecule has 1 saturated heterocycles. The molecular weight excluding hydrogens is 437 g/mol. The number of carbonyl (C=O) groups excluding carboxylic acids is 1. The molecule has 0 atom stereocenters. The summed E-state index contributed by atoms with van der Waals surface area (Å²) in [5.74, 6) is 0.692. The summed E-state index contributed by atoms with van der Waals surface area (Å²) < 4.78 is 24.9. The Morgan fingerprint density at radius 3 is 2.77 bits per heavy atom. The number of nitrogens with zero attached hydrogens (tertiary/aromatic N) is 3. The second-order valence-electron chi connectivity index (χ2n) is 7.07. The van der Waals surface area contributed by atoms with Gasteiger partial charge in [-0.25, -0.2) is 9.37 Å². The maximum atomic E-state index is 13.2. The molecule has 0 aliphatic carbocycles. The normalized spacial score (nSPS) is 14.6. The van der Waals surface area contributed by atoms with Crippen LogP contribution in [0, 0.1) is 5.82 Å². The third-order valence-corrected chi connectivity index (χ3v) is 7.09. The van der Waals surface area contributed by atoms with Gasteiger partial charge in [0.1, 0.15) is 11.6 Å². The smallest absolute Gasteiger partial charge is 0.239 e. The number of methoxy groups -OCH3 is 1. The van der Waals surface area contributed by atoms with E-state index in [2.05, 4.69) is 4.90 Å². The molecule has 31 heavy (non-hydrogen) atoms. The number of fused-ring (bicyclic) bond motifs is 1. The van der Waals surface area contributed by atoms with Crippen molar-refractivity contribution < 1.29 is 18.7 Å². The van der Waals surface area contributed by atoms with Crippen molar-refractivity contribution in [2.75, 3.05) is 57.2 Å². The standard InChI is InChI=1S/C22H24FN3O3S2/c1-28-17-4-7-20-19(14-17)24-22(31-20)26(9-8-25-10-12-29-13-11-25)21(27)15-30-18-5-2-16(23)3-6-18/h2-7,14H,8-13,15H2,1H3. The average molecular weight is 462 g/mol. The number of hydrogen-bond acceptors (Lipinski definition) is 7. The molecule has 2 heterocycles. The fourth-order valence-electron chi connectivity index (χ4n) is 3.28. The molecule has 9 heteroatoms. The topological polar surface area (TPSA) is 54.9 Å². The zero-order valence-electron chi connectivity index (χ0n) is 17.3. The van der Waals surface area contributed by atoms with Crippen molar-refractivity contribution in [1.29, 1.82) is 0 Å². The van der Waals surface area contributed by atoms with Crippen molar-refractivity contribution in [1.82, 2.24) is 9.88 Å². The lowest BCUT2D eigenvalue weighted by molar-refractivity contribution is -0.116. The molecule has 0 bridgehead atoms. The highest BCUT2D eigenvalue weighted by molar-refractivity contribution is 8.00. The number of thioether (sulfide) groups is 1. The molecule has 1 aliphatic heterocycles. The average Bonchev–Trinajstić information content (AvgIpc) is 3.22. The molecule has 0 radical (unpaired) electrons. The quantitative estimate of drug-likeness (QED) is 0.474. The molecule has 0 spiro atoms. The zero-order valence-corrected chi connectivity index (χ0v) is 18.9. The Morgan fingerprint density at radius 2 is 2.03 bits per heavy atom. The summed E-state index contributed by atoms with van der Waals surface area (Å²) in [6.07, 6.45) is 0. The Hall–Kier alpha value is -2.20. The van der Waals surface area contributed by atoms with Crippen molar-refractivity contribution in [3.8, 4) is 5.75 Å². The van der Waals surface area contributed by atoms with Crippen LogP contribution in [0.5, 0.6) is 5.75 Å². The van der Waals surface area contributed by atoms with Gasteiger partial charge in [-0.2, -0.15) is 0 Å². The maximum absolute atomic E-state index is 13.2. The number of hydrogen-bond donors (Lipinski definition) is 0. The number of rotatable bonds is 8. The monoisotopic (exact) mass is 461 g/mol. The fourth-order valence-corrected chi connectivity index (χ4v) is 5.05. The van der Waals surface area contributed by atoms with Crippen LogP contribution in [-0.2, 0) is 9.53 Å². The number of morpholine rings is 1. The second-order valence-corrected chi connectivity index (χ2v) is 9.13. The molecule has 164 valence electrons. The number of anilines is 1. The van der Waals surface area contributed by atoms with Crippen LogP contribution in [0.25, 0.3) is 10.2 Å². The Bertz CT molecular complexity index is 1020. The molecule has 3 aromatic rings. The van der Waals surface area contributed by atoms with E-state index in [-0.39, 0.29) is 17.5 Å². The van der Waals surface area contributed by atoms with Crippen molar-refractivity contribution in [3.63, 3.8) is 0 Å². The predicted octanol–water partition coefficient (Wildman–Crippen LogP) is 3.90. The van der Waals surface area contributed by atoms with Gasteiger partial charge in [-0.1, -0.05) is 11.3 Å². The molecule has 2 aromatic carbocycles. The van der Waals surface area contributed by atoms with E-state index in [1.807, 2.05) is 18.2 Å². The molecule has 6 nitrogen and oxygen atoms in total. The lowest BCUT2D eigenvalue weighted by Gasteiger charge is -2.29. The van der Waals surface area contributed by atoms with Gasteiger partial charge in [0.25, 0.3) is 0 Å². The number of carbonyl (C=O) groups is 1. The summed E-state index contributed by atoms with van der Waals surface area (Å²) in [5.41, 5.74) is 0.815. The summed E-state index contributed by atoms with van der Waals surface area (Å²) in [4.78, 5) is 22.8. The summed E-state index contributed by atoms with van der Waals surface area (Å²) in [7, 11) is 1.62. The third-order valence-electron chi connectivity index (χ3n) is 5.03. The van der Waals surface area contributed by atoms with Crippen molar-refractivity contribution >= 4 is 44.4 Å². The van der Waals surface area contributed by atoms with E-state index in [1.165, 1.54) is 35.2 Å². The van der Waals surface area contributed by atoms with Crippen molar-refractivity contribution in [2.24, 2.45) is 0 Å². The summed E-state index contributed by atoms with van der Waals surface area (Å²) >= 11 is 2.90. The first-order chi connectivity index (χ1) is 15.1. The Kier molecular flexibility index (Phi) is 7.39. The molecular formula is C22H24FN3O3S2. The predicted molar refractivity (Wildman–Crippen MR) is 123 cm³/mol.